The summed E-state index contributed by atoms with van der Waals surface area (Å²) >= 11 is 1.37. The number of anilines is 1. The lowest BCUT2D eigenvalue weighted by molar-refractivity contribution is -0.113. The predicted octanol–water partition coefficient (Wildman–Crippen LogP) is 6.52. The molecule has 0 unspecified atom stereocenters. The largest absolute Gasteiger partial charge is 0.493 e. The van der Waals surface area contributed by atoms with E-state index in [2.05, 4.69) is 0 Å². The summed E-state index contributed by atoms with van der Waals surface area (Å²) in [6.45, 7) is 6.49. The summed E-state index contributed by atoms with van der Waals surface area (Å²) in [7, 11) is 1.61. The van der Waals surface area contributed by atoms with Crippen LogP contribution in [0.5, 0.6) is 11.5 Å². The van der Waals surface area contributed by atoms with E-state index in [4.69, 9.17) is 14.5 Å². The van der Waals surface area contributed by atoms with Crippen LogP contribution in [0.15, 0.2) is 76.6 Å². The van der Waals surface area contributed by atoms with E-state index in [1.807, 2.05) is 93.6 Å². The first-order chi connectivity index (χ1) is 16.0. The summed E-state index contributed by atoms with van der Waals surface area (Å²) in [5, 5.41) is 0.632. The van der Waals surface area contributed by atoms with Crippen molar-refractivity contribution < 1.29 is 14.3 Å². The van der Waals surface area contributed by atoms with Crippen molar-refractivity contribution in [3.8, 4) is 11.5 Å². The molecule has 3 aromatic carbocycles. The third-order valence-corrected chi connectivity index (χ3v) is 6.25. The Morgan fingerprint density at radius 3 is 2.39 bits per heavy atom. The summed E-state index contributed by atoms with van der Waals surface area (Å²) in [5.74, 6) is 1.21. The molecule has 0 bridgehead atoms. The molecule has 0 aromatic heterocycles. The van der Waals surface area contributed by atoms with Crippen molar-refractivity contribution in [1.82, 2.24) is 0 Å². The standard InChI is InChI=1S/C27H26N2O3S/c1-5-32-23-15-14-20(16-24(23)31-4)17-25-26(30)29(22-13-9-7-11-19(22)3)27(33-25)28-21-12-8-6-10-18(21)2/h6-17H,5H2,1-4H3/b25-17+,28-27?. The van der Waals surface area contributed by atoms with Crippen molar-refractivity contribution in [3.05, 3.63) is 88.3 Å². The van der Waals surface area contributed by atoms with E-state index in [0.717, 1.165) is 28.1 Å². The maximum absolute atomic E-state index is 13.6. The molecule has 0 aliphatic carbocycles. The first-order valence-corrected chi connectivity index (χ1v) is 11.6. The molecule has 33 heavy (non-hydrogen) atoms. The molecule has 4 rings (SSSR count). The van der Waals surface area contributed by atoms with Crippen molar-refractivity contribution >= 4 is 40.3 Å². The van der Waals surface area contributed by atoms with Gasteiger partial charge in [-0.15, -0.1) is 0 Å². The van der Waals surface area contributed by atoms with Crippen LogP contribution in [0.3, 0.4) is 0 Å². The Hall–Kier alpha value is -3.51. The molecule has 1 aliphatic heterocycles. The number of rotatable bonds is 6. The SMILES string of the molecule is CCOc1ccc(/C=C2/SC(=Nc3ccccc3C)N(c3ccccc3C)C2=O)cc1OC. The second-order valence-electron chi connectivity index (χ2n) is 7.56. The van der Waals surface area contributed by atoms with Crippen LogP contribution in [0.1, 0.15) is 23.6 Å². The number of aliphatic imine (C=N–C) groups is 1. The van der Waals surface area contributed by atoms with Crippen LogP contribution in [0.2, 0.25) is 0 Å². The number of amides is 1. The van der Waals surface area contributed by atoms with Crippen molar-refractivity contribution in [2.75, 3.05) is 18.6 Å². The van der Waals surface area contributed by atoms with Crippen molar-refractivity contribution in [1.29, 1.82) is 0 Å². The van der Waals surface area contributed by atoms with Gasteiger partial charge >= 0.3 is 0 Å². The molecule has 0 spiro atoms. The molecule has 5 nitrogen and oxygen atoms in total. The van der Waals surface area contributed by atoms with Gasteiger partial charge in [0.15, 0.2) is 16.7 Å². The van der Waals surface area contributed by atoms with Crippen LogP contribution in [0.25, 0.3) is 6.08 Å². The van der Waals surface area contributed by atoms with Crippen LogP contribution in [0.4, 0.5) is 11.4 Å². The number of ether oxygens (including phenoxy) is 2. The predicted molar refractivity (Wildman–Crippen MR) is 137 cm³/mol. The molecule has 0 radical (unpaired) electrons. The van der Waals surface area contributed by atoms with Gasteiger partial charge in [0.1, 0.15) is 0 Å². The maximum Gasteiger partial charge on any atom is 0.271 e. The number of para-hydroxylation sites is 2. The number of nitrogens with zero attached hydrogens (tertiary/aromatic N) is 2. The number of amidine groups is 1. The van der Waals surface area contributed by atoms with E-state index in [0.29, 0.717) is 28.2 Å². The topological polar surface area (TPSA) is 51.1 Å². The molecule has 6 heteroatoms. The van der Waals surface area contributed by atoms with Gasteiger partial charge < -0.3 is 9.47 Å². The zero-order valence-corrected chi connectivity index (χ0v) is 20.0. The number of aryl methyl sites for hydroxylation is 2. The van der Waals surface area contributed by atoms with E-state index in [-0.39, 0.29) is 5.91 Å². The second-order valence-corrected chi connectivity index (χ2v) is 8.57. The smallest absolute Gasteiger partial charge is 0.271 e. The zero-order valence-electron chi connectivity index (χ0n) is 19.2. The highest BCUT2D eigenvalue weighted by Crippen LogP contribution is 2.39. The summed E-state index contributed by atoms with van der Waals surface area (Å²) in [5.41, 5.74) is 4.59. The van der Waals surface area contributed by atoms with Gasteiger partial charge in [0, 0.05) is 0 Å². The molecule has 0 atom stereocenters. The van der Waals surface area contributed by atoms with Crippen molar-refractivity contribution in [2.45, 2.75) is 20.8 Å². The molecular weight excluding hydrogens is 432 g/mol. The second kappa shape index (κ2) is 9.96. The third-order valence-electron chi connectivity index (χ3n) is 5.28. The molecule has 1 aliphatic rings. The minimum Gasteiger partial charge on any atom is -0.493 e. The van der Waals surface area contributed by atoms with Crippen LogP contribution in [-0.2, 0) is 4.79 Å². The number of methoxy groups -OCH3 is 1. The molecule has 3 aromatic rings. The average molecular weight is 459 g/mol. The molecule has 0 saturated carbocycles. The third kappa shape index (κ3) is 4.81. The van der Waals surface area contributed by atoms with Gasteiger partial charge in [0.05, 0.1) is 30.0 Å². The van der Waals surface area contributed by atoms with Crippen LogP contribution in [-0.4, -0.2) is 24.8 Å². The fraction of sp³-hybridized carbons (Fsp3) is 0.185. The molecule has 1 amide bonds. The fourth-order valence-corrected chi connectivity index (χ4v) is 4.55. The minimum atomic E-state index is -0.102. The number of thioether (sulfide) groups is 1. The summed E-state index contributed by atoms with van der Waals surface area (Å²) < 4.78 is 11.1. The van der Waals surface area contributed by atoms with Crippen molar-refractivity contribution in [2.24, 2.45) is 4.99 Å². The van der Waals surface area contributed by atoms with E-state index in [1.54, 1.807) is 12.0 Å². The monoisotopic (exact) mass is 458 g/mol. The van der Waals surface area contributed by atoms with Gasteiger partial charge in [-0.3, -0.25) is 9.69 Å². The molecular formula is C27H26N2O3S. The quantitative estimate of drug-likeness (QED) is 0.395. The highest BCUT2D eigenvalue weighted by molar-refractivity contribution is 8.19. The number of hydrogen-bond acceptors (Lipinski definition) is 5. The first kappa shape index (κ1) is 22.7. The lowest BCUT2D eigenvalue weighted by atomic mass is 10.1. The molecule has 0 N–H and O–H groups in total. The van der Waals surface area contributed by atoms with Gasteiger partial charge in [0.25, 0.3) is 5.91 Å². The van der Waals surface area contributed by atoms with Gasteiger partial charge in [0.2, 0.25) is 0 Å². The van der Waals surface area contributed by atoms with Crippen LogP contribution < -0.4 is 14.4 Å². The highest BCUT2D eigenvalue weighted by atomic mass is 32.2. The van der Waals surface area contributed by atoms with Gasteiger partial charge in [-0.05, 0) is 79.6 Å². The Kier molecular flexibility index (Phi) is 6.84. The Morgan fingerprint density at radius 2 is 1.70 bits per heavy atom. The summed E-state index contributed by atoms with van der Waals surface area (Å²) in [4.78, 5) is 20.7. The minimum absolute atomic E-state index is 0.102. The van der Waals surface area contributed by atoms with Gasteiger partial charge in [-0.2, -0.15) is 0 Å². The number of benzene rings is 3. The zero-order chi connectivity index (χ0) is 23.4. The normalized spacial score (nSPS) is 16.0. The van der Waals surface area contributed by atoms with E-state index in [9.17, 15) is 4.79 Å². The number of carbonyl (C=O) groups is 1. The van der Waals surface area contributed by atoms with Crippen LogP contribution in [0, 0.1) is 13.8 Å². The molecule has 1 saturated heterocycles. The average Bonchev–Trinajstić information content (AvgIpc) is 3.11. The molecule has 1 fully saturated rings. The molecule has 1 heterocycles. The Balaban J connectivity index is 1.78. The summed E-state index contributed by atoms with van der Waals surface area (Å²) in [6.07, 6.45) is 1.87. The molecule has 168 valence electrons. The fourth-order valence-electron chi connectivity index (χ4n) is 3.57. The Labute approximate surface area is 198 Å². The Morgan fingerprint density at radius 1 is 0.970 bits per heavy atom. The van der Waals surface area contributed by atoms with E-state index >= 15 is 0 Å². The van der Waals surface area contributed by atoms with E-state index in [1.165, 1.54) is 11.8 Å². The van der Waals surface area contributed by atoms with Crippen molar-refractivity contribution in [3.63, 3.8) is 0 Å². The lowest BCUT2D eigenvalue weighted by Gasteiger charge is -2.18. The summed E-state index contributed by atoms with van der Waals surface area (Å²) in [6, 6.07) is 21.4. The lowest BCUT2D eigenvalue weighted by Crippen LogP contribution is -2.29. The first-order valence-electron chi connectivity index (χ1n) is 10.8. The van der Waals surface area contributed by atoms with Gasteiger partial charge in [-0.1, -0.05) is 42.5 Å². The Bertz CT molecular complexity index is 1250. The maximum atomic E-state index is 13.6. The van der Waals surface area contributed by atoms with E-state index < -0.39 is 0 Å². The number of hydrogen-bond donors (Lipinski definition) is 0. The van der Waals surface area contributed by atoms with Crippen LogP contribution >= 0.6 is 11.8 Å². The highest BCUT2D eigenvalue weighted by Gasteiger charge is 2.35. The van der Waals surface area contributed by atoms with Gasteiger partial charge in [-0.25, -0.2) is 4.99 Å². The number of carbonyl (C=O) groups excluding carboxylic acids is 1.